The summed E-state index contributed by atoms with van der Waals surface area (Å²) in [5.41, 5.74) is 4.39. The maximum Gasteiger partial charge on any atom is 0.329 e. The van der Waals surface area contributed by atoms with E-state index < -0.39 is 11.8 Å². The van der Waals surface area contributed by atoms with Gasteiger partial charge in [-0.2, -0.15) is 10.4 Å². The molecule has 0 bridgehead atoms. The van der Waals surface area contributed by atoms with E-state index in [4.69, 9.17) is 4.74 Å². The van der Waals surface area contributed by atoms with Gasteiger partial charge in [0.15, 0.2) is 0 Å². The number of nitriles is 1. The molecule has 0 unspecified atom stereocenters. The van der Waals surface area contributed by atoms with Crippen molar-refractivity contribution < 1.29 is 14.3 Å². The van der Waals surface area contributed by atoms with Gasteiger partial charge in [0, 0.05) is 4.88 Å². The number of hydrogen-bond donors (Lipinski definition) is 2. The molecule has 1 aliphatic rings. The van der Waals surface area contributed by atoms with Crippen LogP contribution in [0.25, 0.3) is 0 Å². The first-order valence-corrected chi connectivity index (χ1v) is 9.96. The van der Waals surface area contributed by atoms with Crippen LogP contribution in [0.1, 0.15) is 34.4 Å². The Balaban J connectivity index is 1.56. The number of ether oxygens (including phenoxy) is 1. The highest BCUT2D eigenvalue weighted by molar-refractivity contribution is 7.16. The summed E-state index contributed by atoms with van der Waals surface area (Å²) >= 11 is 1.37. The molecule has 1 aromatic heterocycles. The number of carbonyl (C=O) groups excluding carboxylic acids is 2. The molecule has 0 radical (unpaired) electrons. The summed E-state index contributed by atoms with van der Waals surface area (Å²) in [7, 11) is 0. The summed E-state index contributed by atoms with van der Waals surface area (Å²) in [6, 6.07) is 9.21. The third kappa shape index (κ3) is 5.09. The lowest BCUT2D eigenvalue weighted by Crippen LogP contribution is -2.32. The second-order valence-electron chi connectivity index (χ2n) is 6.35. The number of nitrogens with zero attached hydrogens (tertiary/aromatic N) is 2. The summed E-state index contributed by atoms with van der Waals surface area (Å²) in [5.74, 6) is -1.06. The molecule has 2 aromatic rings. The van der Waals surface area contributed by atoms with E-state index in [0.29, 0.717) is 22.9 Å². The van der Waals surface area contributed by atoms with Gasteiger partial charge < -0.3 is 10.1 Å². The van der Waals surface area contributed by atoms with E-state index in [1.807, 2.05) is 0 Å². The first-order valence-electron chi connectivity index (χ1n) is 9.15. The van der Waals surface area contributed by atoms with Gasteiger partial charge in [0.25, 0.3) is 0 Å². The Hall–Kier alpha value is -3.44. The van der Waals surface area contributed by atoms with Crippen molar-refractivity contribution >= 4 is 34.4 Å². The minimum absolute atomic E-state index is 0.416. The zero-order valence-electron chi connectivity index (χ0n) is 15.7. The fraction of sp³-hybridized carbons (Fsp3) is 0.238. The quantitative estimate of drug-likeness (QED) is 0.332. The molecule has 8 heteroatoms. The zero-order valence-corrected chi connectivity index (χ0v) is 16.6. The minimum atomic E-state index is -0.901. The maximum atomic E-state index is 12.2. The standard InChI is InChI=1S/C21H20N4O3S/c1-2-11-28-15-9-7-14(8-10-15)13-23-25-20(27)19(26)24-21-17(12-22)16-5-3-4-6-18(16)29-21/h2,7-10,13H,1,3-6,11H2,(H,24,26)(H,25,27)/b23-13+. The zero-order chi connectivity index (χ0) is 20.6. The number of carbonyl (C=O) groups is 2. The van der Waals surface area contributed by atoms with Crippen molar-refractivity contribution in [1.29, 1.82) is 5.26 Å². The highest BCUT2D eigenvalue weighted by Crippen LogP contribution is 2.37. The van der Waals surface area contributed by atoms with Gasteiger partial charge >= 0.3 is 11.8 Å². The smallest absolute Gasteiger partial charge is 0.329 e. The van der Waals surface area contributed by atoms with Crippen molar-refractivity contribution in [2.75, 3.05) is 11.9 Å². The number of anilines is 1. The van der Waals surface area contributed by atoms with Gasteiger partial charge in [0.1, 0.15) is 23.4 Å². The predicted molar refractivity (Wildman–Crippen MR) is 112 cm³/mol. The Morgan fingerprint density at radius 2 is 2.00 bits per heavy atom. The van der Waals surface area contributed by atoms with Crippen molar-refractivity contribution in [1.82, 2.24) is 5.43 Å². The van der Waals surface area contributed by atoms with E-state index in [1.54, 1.807) is 30.3 Å². The molecular weight excluding hydrogens is 388 g/mol. The Morgan fingerprint density at radius 3 is 2.72 bits per heavy atom. The summed E-state index contributed by atoms with van der Waals surface area (Å²) in [5, 5.41) is 16.2. The van der Waals surface area contributed by atoms with Crippen molar-refractivity contribution in [2.24, 2.45) is 5.10 Å². The molecule has 0 saturated heterocycles. The topological polar surface area (TPSA) is 104 Å². The molecule has 29 heavy (non-hydrogen) atoms. The second kappa shape index (κ2) is 9.66. The molecule has 148 valence electrons. The summed E-state index contributed by atoms with van der Waals surface area (Å²) < 4.78 is 5.38. The number of fused-ring (bicyclic) bond motifs is 1. The number of benzene rings is 1. The lowest BCUT2D eigenvalue weighted by molar-refractivity contribution is -0.136. The number of amides is 2. The highest BCUT2D eigenvalue weighted by atomic mass is 32.1. The van der Waals surface area contributed by atoms with Crippen LogP contribution in [0.2, 0.25) is 0 Å². The number of rotatable bonds is 6. The van der Waals surface area contributed by atoms with Crippen molar-refractivity contribution in [2.45, 2.75) is 25.7 Å². The first kappa shape index (κ1) is 20.3. The normalized spacial score (nSPS) is 12.7. The van der Waals surface area contributed by atoms with E-state index in [-0.39, 0.29) is 0 Å². The SMILES string of the molecule is C=CCOc1ccc(/C=N/NC(=O)C(=O)Nc2sc3c(c2C#N)CCCC3)cc1. The predicted octanol–water partition coefficient (Wildman–Crippen LogP) is 3.15. The number of hydrazone groups is 1. The van der Waals surface area contributed by atoms with E-state index >= 15 is 0 Å². The molecule has 3 rings (SSSR count). The third-order valence-electron chi connectivity index (χ3n) is 4.34. The molecule has 2 N–H and O–H groups in total. The maximum absolute atomic E-state index is 12.2. The molecule has 0 aliphatic heterocycles. The Labute approximate surface area is 172 Å². The van der Waals surface area contributed by atoms with Crippen molar-refractivity contribution in [3.63, 3.8) is 0 Å². The molecule has 1 heterocycles. The number of aryl methyl sites for hydroxylation is 1. The van der Waals surface area contributed by atoms with Gasteiger partial charge in [0.05, 0.1) is 11.8 Å². The summed E-state index contributed by atoms with van der Waals surface area (Å²) in [6.07, 6.45) is 6.91. The van der Waals surface area contributed by atoms with E-state index in [1.165, 1.54) is 17.6 Å². The molecule has 1 aliphatic carbocycles. The first-order chi connectivity index (χ1) is 14.1. The lowest BCUT2D eigenvalue weighted by atomic mass is 9.96. The third-order valence-corrected chi connectivity index (χ3v) is 5.55. The molecule has 0 atom stereocenters. The fourth-order valence-corrected chi connectivity index (χ4v) is 4.19. The summed E-state index contributed by atoms with van der Waals surface area (Å²) in [4.78, 5) is 25.3. The molecule has 7 nitrogen and oxygen atoms in total. The van der Waals surface area contributed by atoms with E-state index in [9.17, 15) is 14.9 Å². The number of thiophene rings is 1. The highest BCUT2D eigenvalue weighted by Gasteiger charge is 2.23. The molecule has 0 saturated carbocycles. The largest absolute Gasteiger partial charge is 0.490 e. The van der Waals surface area contributed by atoms with Gasteiger partial charge in [-0.05, 0) is 61.1 Å². The summed E-state index contributed by atoms with van der Waals surface area (Å²) in [6.45, 7) is 4.00. The van der Waals surface area contributed by atoms with Crippen LogP contribution < -0.4 is 15.5 Å². The molecular formula is C21H20N4O3S. The Morgan fingerprint density at radius 1 is 1.24 bits per heavy atom. The molecule has 2 amide bonds. The van der Waals surface area contributed by atoms with E-state index in [2.05, 4.69) is 28.5 Å². The fourth-order valence-electron chi connectivity index (χ4n) is 2.95. The Bertz CT molecular complexity index is 987. The van der Waals surface area contributed by atoms with Crippen LogP contribution in [0.4, 0.5) is 5.00 Å². The molecule has 0 spiro atoms. The van der Waals surface area contributed by atoms with Crippen LogP contribution >= 0.6 is 11.3 Å². The van der Waals surface area contributed by atoms with Crippen molar-refractivity contribution in [3.8, 4) is 11.8 Å². The van der Waals surface area contributed by atoms with Crippen LogP contribution in [0.5, 0.6) is 5.75 Å². The van der Waals surface area contributed by atoms with Crippen LogP contribution in [0.3, 0.4) is 0 Å². The molecule has 0 fully saturated rings. The van der Waals surface area contributed by atoms with Crippen molar-refractivity contribution in [3.05, 3.63) is 58.5 Å². The monoisotopic (exact) mass is 408 g/mol. The average molecular weight is 408 g/mol. The number of nitrogens with one attached hydrogen (secondary N) is 2. The van der Waals surface area contributed by atoms with Crippen LogP contribution in [0.15, 0.2) is 42.0 Å². The van der Waals surface area contributed by atoms with Gasteiger partial charge in [-0.25, -0.2) is 5.43 Å². The average Bonchev–Trinajstić information content (AvgIpc) is 3.09. The van der Waals surface area contributed by atoms with Crippen LogP contribution in [-0.4, -0.2) is 24.6 Å². The lowest BCUT2D eigenvalue weighted by Gasteiger charge is -2.09. The van der Waals surface area contributed by atoms with Crippen LogP contribution in [-0.2, 0) is 22.4 Å². The van der Waals surface area contributed by atoms with Gasteiger partial charge in [0.2, 0.25) is 0 Å². The second-order valence-corrected chi connectivity index (χ2v) is 7.45. The van der Waals surface area contributed by atoms with Gasteiger partial charge in [-0.3, -0.25) is 9.59 Å². The Kier molecular flexibility index (Phi) is 6.76. The van der Waals surface area contributed by atoms with Gasteiger partial charge in [-0.15, -0.1) is 11.3 Å². The van der Waals surface area contributed by atoms with Crippen LogP contribution in [0, 0.1) is 11.3 Å². The van der Waals surface area contributed by atoms with E-state index in [0.717, 1.165) is 41.7 Å². The minimum Gasteiger partial charge on any atom is -0.490 e. The number of hydrogen-bond acceptors (Lipinski definition) is 6. The molecule has 1 aromatic carbocycles. The van der Waals surface area contributed by atoms with Gasteiger partial charge in [-0.1, -0.05) is 12.7 Å².